The van der Waals surface area contributed by atoms with Crippen molar-refractivity contribution in [1.29, 1.82) is 0 Å². The Morgan fingerprint density at radius 1 is 0.783 bits per heavy atom. The van der Waals surface area contributed by atoms with Crippen LogP contribution in [-0.2, 0) is 47.5 Å². The van der Waals surface area contributed by atoms with Crippen molar-refractivity contribution in [2.75, 3.05) is 13.7 Å². The molecule has 1 aliphatic carbocycles. The van der Waals surface area contributed by atoms with Gasteiger partial charge in [-0.2, -0.15) is 8.61 Å². The molecule has 18 nitrogen and oxygen atoms in total. The lowest BCUT2D eigenvalue weighted by molar-refractivity contribution is -0.388. The maximum atomic E-state index is 14.8. The van der Waals surface area contributed by atoms with Crippen LogP contribution in [0, 0.1) is 20.2 Å². The van der Waals surface area contributed by atoms with E-state index >= 15 is 0 Å². The number of hydrogen-bond acceptors (Lipinski definition) is 13. The minimum atomic E-state index is -5.04. The number of unbranched alkanes of at least 4 members (excludes halogenated alkanes) is 1. The van der Waals surface area contributed by atoms with Gasteiger partial charge >= 0.3 is 12.1 Å². The van der Waals surface area contributed by atoms with Gasteiger partial charge in [-0.25, -0.2) is 21.6 Å². The number of hydrogen-bond donors (Lipinski definition) is 2. The molecule has 20 heteroatoms. The van der Waals surface area contributed by atoms with Crippen molar-refractivity contribution in [3.63, 3.8) is 0 Å². The molecule has 0 saturated heterocycles. The number of carbonyl (C=O) groups excluding carboxylic acids is 2. The number of sulfonamides is 2. The van der Waals surface area contributed by atoms with E-state index in [4.69, 9.17) is 9.47 Å². The average molecular weight is 866 g/mol. The van der Waals surface area contributed by atoms with Crippen LogP contribution in [0.4, 0.5) is 16.2 Å². The summed E-state index contributed by atoms with van der Waals surface area (Å²) < 4.78 is 70.6. The molecular formula is C40H43N5O13S2. The highest BCUT2D eigenvalue weighted by molar-refractivity contribution is 7.89. The first-order valence-corrected chi connectivity index (χ1v) is 21.5. The highest BCUT2D eigenvalue weighted by Crippen LogP contribution is 2.37. The monoisotopic (exact) mass is 865 g/mol. The Hall–Kier alpha value is -6.06. The van der Waals surface area contributed by atoms with E-state index in [-0.39, 0.29) is 32.4 Å². The summed E-state index contributed by atoms with van der Waals surface area (Å²) in [4.78, 5) is 47.0. The summed E-state index contributed by atoms with van der Waals surface area (Å²) in [6.07, 6.45) is -0.331. The van der Waals surface area contributed by atoms with Gasteiger partial charge in [-0.05, 0) is 48.9 Å². The molecule has 318 valence electrons. The maximum Gasteiger partial charge on any atom is 0.407 e. The number of aliphatic hydroxyl groups is 1. The number of aliphatic hydroxyl groups excluding tert-OH is 1. The molecule has 0 fully saturated rings. The molecule has 0 saturated carbocycles. The van der Waals surface area contributed by atoms with Crippen LogP contribution in [0.1, 0.15) is 36.8 Å². The molecule has 0 radical (unpaired) electrons. The Morgan fingerprint density at radius 2 is 1.32 bits per heavy atom. The van der Waals surface area contributed by atoms with Crippen LogP contribution < -0.4 is 5.32 Å². The molecule has 4 atom stereocenters. The molecule has 1 aliphatic rings. The van der Waals surface area contributed by atoms with Gasteiger partial charge < -0.3 is 19.9 Å². The number of ether oxygens (including phenoxy) is 2. The van der Waals surface area contributed by atoms with E-state index in [1.165, 1.54) is 30.3 Å². The van der Waals surface area contributed by atoms with E-state index in [0.29, 0.717) is 5.56 Å². The lowest BCUT2D eigenvalue weighted by Gasteiger charge is -2.41. The summed E-state index contributed by atoms with van der Waals surface area (Å²) in [5.74, 6) is -1.04. The number of carbonyl (C=O) groups is 2. The van der Waals surface area contributed by atoms with Gasteiger partial charge in [-0.15, -0.1) is 0 Å². The lowest BCUT2D eigenvalue weighted by atomic mass is 9.93. The van der Waals surface area contributed by atoms with Crippen LogP contribution in [0.25, 0.3) is 0 Å². The fourth-order valence-electron chi connectivity index (χ4n) is 6.84. The Bertz CT molecular complexity index is 2400. The number of nitro groups is 2. The number of para-hydroxylation sites is 2. The number of rotatable bonds is 19. The third-order valence-electron chi connectivity index (χ3n) is 9.72. The number of methoxy groups -OCH3 is 1. The SMILES string of the molecule is COC(=O)[C@H](CCCCNC(=O)OCc1ccccc1)N([C@H]1C=C[C@@H](O)[C@@H](N(Cc2ccccc2)S(=O)(=O)c2ccccc2[N+](=O)[O-])C1)S(=O)(=O)c1ccccc1[N+](=O)[O-]. The fourth-order valence-corrected chi connectivity index (χ4v) is 10.6. The predicted octanol–water partition coefficient (Wildman–Crippen LogP) is 5.08. The van der Waals surface area contributed by atoms with Crippen molar-refractivity contribution in [3.8, 4) is 0 Å². The molecule has 4 aromatic rings. The fraction of sp³-hybridized carbons (Fsp3) is 0.300. The van der Waals surface area contributed by atoms with Crippen LogP contribution in [0.5, 0.6) is 0 Å². The summed E-state index contributed by atoms with van der Waals surface area (Å²) >= 11 is 0. The second-order valence-electron chi connectivity index (χ2n) is 13.6. The van der Waals surface area contributed by atoms with Crippen LogP contribution >= 0.6 is 0 Å². The van der Waals surface area contributed by atoms with Crippen LogP contribution in [0.15, 0.2) is 131 Å². The van der Waals surface area contributed by atoms with Gasteiger partial charge in [0.25, 0.3) is 31.4 Å². The summed E-state index contributed by atoms with van der Waals surface area (Å²) in [6.45, 7) is -0.337. The zero-order valence-corrected chi connectivity index (χ0v) is 33.9. The smallest absolute Gasteiger partial charge is 0.407 e. The number of alkyl carbamates (subject to hydrolysis) is 1. The van der Waals surface area contributed by atoms with Crippen molar-refractivity contribution in [2.45, 2.75) is 72.9 Å². The van der Waals surface area contributed by atoms with Gasteiger partial charge in [-0.1, -0.05) is 97.1 Å². The van der Waals surface area contributed by atoms with Crippen molar-refractivity contribution >= 4 is 43.5 Å². The number of benzene rings is 4. The molecule has 1 amide bonds. The molecule has 5 rings (SSSR count). The molecule has 0 spiro atoms. The Morgan fingerprint density at radius 3 is 1.88 bits per heavy atom. The number of esters is 1. The van der Waals surface area contributed by atoms with Crippen LogP contribution in [0.3, 0.4) is 0 Å². The van der Waals surface area contributed by atoms with Crippen molar-refractivity contribution in [3.05, 3.63) is 153 Å². The van der Waals surface area contributed by atoms with Crippen molar-refractivity contribution in [2.24, 2.45) is 0 Å². The first-order valence-electron chi connectivity index (χ1n) is 18.6. The first-order chi connectivity index (χ1) is 28.7. The highest BCUT2D eigenvalue weighted by atomic mass is 32.2. The minimum absolute atomic E-state index is 0.0203. The van der Waals surface area contributed by atoms with Gasteiger partial charge in [0, 0.05) is 31.3 Å². The lowest BCUT2D eigenvalue weighted by Crippen LogP contribution is -2.56. The van der Waals surface area contributed by atoms with E-state index < -0.39 is 100 Å². The number of nitrogens with zero attached hydrogens (tertiary/aromatic N) is 4. The summed E-state index contributed by atoms with van der Waals surface area (Å²) in [5, 5.41) is 38.2. The van der Waals surface area contributed by atoms with Crippen LogP contribution in [-0.4, -0.2) is 90.3 Å². The number of nitrogens with one attached hydrogen (secondary N) is 1. The molecule has 0 heterocycles. The topological polar surface area (TPSA) is 246 Å². The summed E-state index contributed by atoms with van der Waals surface area (Å²) in [7, 11) is -8.86. The number of amides is 1. The maximum absolute atomic E-state index is 14.8. The summed E-state index contributed by atoms with van der Waals surface area (Å²) in [6, 6.07) is 21.7. The molecule has 0 aromatic heterocycles. The molecule has 0 aliphatic heterocycles. The van der Waals surface area contributed by atoms with E-state index in [1.807, 2.05) is 6.07 Å². The molecule has 2 N–H and O–H groups in total. The normalized spacial score (nSPS) is 17.2. The largest absolute Gasteiger partial charge is 0.468 e. The van der Waals surface area contributed by atoms with Crippen molar-refractivity contribution in [1.82, 2.24) is 13.9 Å². The molecular weight excluding hydrogens is 823 g/mol. The highest BCUT2D eigenvalue weighted by Gasteiger charge is 2.47. The van der Waals surface area contributed by atoms with E-state index in [1.54, 1.807) is 54.6 Å². The quantitative estimate of drug-likeness (QED) is 0.0411. The van der Waals surface area contributed by atoms with Gasteiger partial charge in [0.05, 0.1) is 29.1 Å². The summed E-state index contributed by atoms with van der Waals surface area (Å²) in [5.41, 5.74) is -0.349. The second-order valence-corrected chi connectivity index (χ2v) is 17.3. The van der Waals surface area contributed by atoms with E-state index in [2.05, 4.69) is 5.32 Å². The number of nitro benzene ring substituents is 2. The first kappa shape index (κ1) is 45.0. The van der Waals surface area contributed by atoms with E-state index in [0.717, 1.165) is 51.6 Å². The average Bonchev–Trinajstić information content (AvgIpc) is 3.25. The van der Waals surface area contributed by atoms with Crippen molar-refractivity contribution < 1.29 is 50.9 Å². The Kier molecular flexibility index (Phi) is 15.2. The zero-order valence-electron chi connectivity index (χ0n) is 32.3. The Balaban J connectivity index is 1.51. The molecule has 0 bridgehead atoms. The second kappa shape index (κ2) is 20.3. The predicted molar refractivity (Wildman–Crippen MR) is 216 cm³/mol. The van der Waals surface area contributed by atoms with Gasteiger partial charge in [0.2, 0.25) is 0 Å². The van der Waals surface area contributed by atoms with Gasteiger partial charge in [-0.3, -0.25) is 25.0 Å². The van der Waals surface area contributed by atoms with Crippen LogP contribution in [0.2, 0.25) is 0 Å². The third kappa shape index (κ3) is 10.8. The minimum Gasteiger partial charge on any atom is -0.468 e. The molecule has 4 aromatic carbocycles. The van der Waals surface area contributed by atoms with Gasteiger partial charge in [0.1, 0.15) is 12.6 Å². The third-order valence-corrected chi connectivity index (χ3v) is 13.6. The van der Waals surface area contributed by atoms with E-state index in [9.17, 15) is 51.8 Å². The molecule has 0 unspecified atom stereocenters. The molecule has 60 heavy (non-hydrogen) atoms. The standard InChI is InChI=1S/C40H43N5O13S2/c1-57-39(47)34(20-12-13-25-41-40(48)58-28-30-16-6-3-7-17-30)43(60(55,56)38-22-11-9-19-33(38)45(51)52)31-23-24-36(46)35(26-31)42(27-29-14-4-2-5-15-29)59(53,54)37-21-10-8-18-32(37)44(49)50/h2-11,14-19,21-24,31,34-36,46H,12-13,20,25-28H2,1H3,(H,41,48)/t31-,34-,35-,36+/m0/s1. The van der Waals surface area contributed by atoms with Gasteiger partial charge in [0.15, 0.2) is 9.79 Å². The Labute approximate surface area is 346 Å². The zero-order chi connectivity index (χ0) is 43.5.